The maximum Gasteiger partial charge on any atom is 0.319 e. The van der Waals surface area contributed by atoms with Crippen LogP contribution in [0.3, 0.4) is 0 Å². The van der Waals surface area contributed by atoms with Crippen molar-refractivity contribution in [3.05, 3.63) is 54.0 Å². The van der Waals surface area contributed by atoms with Gasteiger partial charge >= 0.3 is 6.03 Å². The number of ether oxygens (including phenoxy) is 1. The molecule has 1 atom stereocenters. The van der Waals surface area contributed by atoms with E-state index in [9.17, 15) is 4.79 Å². The van der Waals surface area contributed by atoms with Crippen LogP contribution < -0.4 is 10.6 Å². The average molecular weight is 316 g/mol. The Labute approximate surface area is 137 Å². The highest BCUT2D eigenvalue weighted by molar-refractivity contribution is 5.89. The minimum absolute atomic E-state index is 0.0928. The highest BCUT2D eigenvalue weighted by Crippen LogP contribution is 2.23. The van der Waals surface area contributed by atoms with Crippen LogP contribution in [-0.2, 0) is 10.2 Å². The van der Waals surface area contributed by atoms with Gasteiger partial charge in [-0.25, -0.2) is 4.79 Å². The summed E-state index contributed by atoms with van der Waals surface area (Å²) < 4.78 is 10.6. The number of anilines is 1. The first kappa shape index (κ1) is 17.1. The molecule has 5 nitrogen and oxygen atoms in total. The zero-order valence-electron chi connectivity index (χ0n) is 14.1. The predicted octanol–water partition coefficient (Wildman–Crippen LogP) is 4.09. The number of hydrogen-bond donors (Lipinski definition) is 2. The van der Waals surface area contributed by atoms with Crippen molar-refractivity contribution in [2.24, 2.45) is 0 Å². The monoisotopic (exact) mass is 316 g/mol. The molecule has 2 rings (SSSR count). The van der Waals surface area contributed by atoms with E-state index in [2.05, 4.69) is 31.4 Å². The van der Waals surface area contributed by atoms with Crippen molar-refractivity contribution in [3.63, 3.8) is 0 Å². The molecule has 2 N–H and O–H groups in total. The lowest BCUT2D eigenvalue weighted by Crippen LogP contribution is -2.32. The first-order valence-corrected chi connectivity index (χ1v) is 7.62. The minimum Gasteiger partial charge on any atom is -0.467 e. The maximum absolute atomic E-state index is 12.0. The Kier molecular flexibility index (Phi) is 5.45. The highest BCUT2D eigenvalue weighted by atomic mass is 16.5. The molecule has 0 aliphatic heterocycles. The Balaban J connectivity index is 1.87. The van der Waals surface area contributed by atoms with Gasteiger partial charge in [-0.15, -0.1) is 0 Å². The molecule has 1 unspecified atom stereocenters. The van der Waals surface area contributed by atoms with Gasteiger partial charge in [0.25, 0.3) is 0 Å². The fourth-order valence-electron chi connectivity index (χ4n) is 2.19. The van der Waals surface area contributed by atoms with Crippen LogP contribution in [0.4, 0.5) is 10.5 Å². The maximum atomic E-state index is 12.0. The summed E-state index contributed by atoms with van der Waals surface area (Å²) in [6.07, 6.45) is 1.28. The first-order valence-electron chi connectivity index (χ1n) is 7.62. The first-order chi connectivity index (χ1) is 10.9. The SMILES string of the molecule is COC(CNC(=O)Nc1ccc(C(C)(C)C)cc1)c1ccco1. The second kappa shape index (κ2) is 7.33. The Morgan fingerprint density at radius 2 is 1.91 bits per heavy atom. The third-order valence-corrected chi connectivity index (χ3v) is 3.60. The Hall–Kier alpha value is -2.27. The summed E-state index contributed by atoms with van der Waals surface area (Å²) in [6, 6.07) is 11.2. The molecule has 0 radical (unpaired) electrons. The van der Waals surface area contributed by atoms with E-state index in [0.29, 0.717) is 12.3 Å². The van der Waals surface area contributed by atoms with Crippen molar-refractivity contribution >= 4 is 11.7 Å². The van der Waals surface area contributed by atoms with Gasteiger partial charge in [-0.2, -0.15) is 0 Å². The number of carbonyl (C=O) groups is 1. The second-order valence-corrected chi connectivity index (χ2v) is 6.40. The third-order valence-electron chi connectivity index (χ3n) is 3.60. The summed E-state index contributed by atoms with van der Waals surface area (Å²) >= 11 is 0. The van der Waals surface area contributed by atoms with Crippen LogP contribution >= 0.6 is 0 Å². The van der Waals surface area contributed by atoms with Crippen LogP contribution in [0.15, 0.2) is 47.1 Å². The molecule has 0 spiro atoms. The van der Waals surface area contributed by atoms with Crippen molar-refractivity contribution in [2.75, 3.05) is 19.0 Å². The van der Waals surface area contributed by atoms with Gasteiger partial charge in [0, 0.05) is 12.8 Å². The van der Waals surface area contributed by atoms with Gasteiger partial charge in [-0.1, -0.05) is 32.9 Å². The van der Waals surface area contributed by atoms with E-state index < -0.39 is 0 Å². The summed E-state index contributed by atoms with van der Waals surface area (Å²) in [4.78, 5) is 12.0. The number of rotatable bonds is 5. The minimum atomic E-state index is -0.306. The number of furan rings is 1. The normalized spacial score (nSPS) is 12.7. The van der Waals surface area contributed by atoms with Crippen molar-refractivity contribution < 1.29 is 13.9 Å². The smallest absolute Gasteiger partial charge is 0.319 e. The van der Waals surface area contributed by atoms with Gasteiger partial charge in [0.15, 0.2) is 0 Å². The van der Waals surface area contributed by atoms with Crippen LogP contribution in [-0.4, -0.2) is 19.7 Å². The topological polar surface area (TPSA) is 63.5 Å². The molecule has 0 fully saturated rings. The summed E-state index contributed by atoms with van der Waals surface area (Å²) in [5, 5.41) is 5.59. The lowest BCUT2D eigenvalue weighted by molar-refractivity contribution is 0.0855. The number of amides is 2. The molecule has 1 aromatic carbocycles. The zero-order chi connectivity index (χ0) is 16.9. The van der Waals surface area contributed by atoms with E-state index in [-0.39, 0.29) is 17.6 Å². The van der Waals surface area contributed by atoms with Crippen molar-refractivity contribution in [1.82, 2.24) is 5.32 Å². The highest BCUT2D eigenvalue weighted by Gasteiger charge is 2.15. The van der Waals surface area contributed by atoms with Crippen LogP contribution in [0.5, 0.6) is 0 Å². The fraction of sp³-hybridized carbons (Fsp3) is 0.389. The number of methoxy groups -OCH3 is 1. The Morgan fingerprint density at radius 3 is 2.43 bits per heavy atom. The summed E-state index contributed by atoms with van der Waals surface area (Å²) in [5.74, 6) is 0.683. The molecule has 2 aromatic rings. The van der Waals surface area contributed by atoms with E-state index in [4.69, 9.17) is 9.15 Å². The molecule has 2 amide bonds. The second-order valence-electron chi connectivity index (χ2n) is 6.40. The number of hydrogen-bond acceptors (Lipinski definition) is 3. The molecule has 1 heterocycles. The molecule has 0 saturated carbocycles. The summed E-state index contributed by atoms with van der Waals surface area (Å²) in [6.45, 7) is 6.79. The van der Waals surface area contributed by atoms with Crippen LogP contribution in [0.25, 0.3) is 0 Å². The molecule has 0 saturated heterocycles. The van der Waals surface area contributed by atoms with Crippen LogP contribution in [0.2, 0.25) is 0 Å². The predicted molar refractivity (Wildman–Crippen MR) is 90.6 cm³/mol. The molecule has 0 aliphatic rings. The Bertz CT molecular complexity index is 613. The summed E-state index contributed by atoms with van der Waals surface area (Å²) in [7, 11) is 1.58. The van der Waals surface area contributed by atoms with Gasteiger partial charge in [-0.05, 0) is 35.2 Å². The number of carbonyl (C=O) groups excluding carboxylic acids is 1. The number of nitrogens with one attached hydrogen (secondary N) is 2. The Morgan fingerprint density at radius 1 is 1.22 bits per heavy atom. The number of benzene rings is 1. The van der Waals surface area contributed by atoms with Gasteiger partial charge in [0.1, 0.15) is 11.9 Å². The van der Waals surface area contributed by atoms with E-state index in [1.807, 2.05) is 30.3 Å². The molecular weight excluding hydrogens is 292 g/mol. The third kappa shape index (κ3) is 4.86. The molecular formula is C18H24N2O3. The van der Waals surface area contributed by atoms with Crippen molar-refractivity contribution in [2.45, 2.75) is 32.3 Å². The van der Waals surface area contributed by atoms with Crippen LogP contribution in [0, 0.1) is 0 Å². The van der Waals surface area contributed by atoms with Crippen molar-refractivity contribution in [3.8, 4) is 0 Å². The zero-order valence-corrected chi connectivity index (χ0v) is 14.1. The molecule has 0 bridgehead atoms. The van der Waals surface area contributed by atoms with Gasteiger partial charge < -0.3 is 19.8 Å². The van der Waals surface area contributed by atoms with E-state index in [0.717, 1.165) is 5.69 Å². The molecule has 0 aliphatic carbocycles. The van der Waals surface area contributed by atoms with Crippen molar-refractivity contribution in [1.29, 1.82) is 0 Å². The lowest BCUT2D eigenvalue weighted by atomic mass is 9.87. The fourth-order valence-corrected chi connectivity index (χ4v) is 2.19. The molecule has 5 heteroatoms. The molecule has 1 aromatic heterocycles. The van der Waals surface area contributed by atoms with E-state index >= 15 is 0 Å². The van der Waals surface area contributed by atoms with E-state index in [1.165, 1.54) is 5.56 Å². The standard InChI is InChI=1S/C18H24N2O3/c1-18(2,3)13-7-9-14(10-8-13)20-17(21)19-12-16(22-4)15-6-5-11-23-15/h5-11,16H,12H2,1-4H3,(H2,19,20,21). The van der Waals surface area contributed by atoms with Gasteiger partial charge in [-0.3, -0.25) is 0 Å². The average Bonchev–Trinajstić information content (AvgIpc) is 3.02. The largest absolute Gasteiger partial charge is 0.467 e. The van der Waals surface area contributed by atoms with Gasteiger partial charge in [0.05, 0.1) is 12.8 Å². The quantitative estimate of drug-likeness (QED) is 0.873. The van der Waals surface area contributed by atoms with E-state index in [1.54, 1.807) is 19.4 Å². The van der Waals surface area contributed by atoms with Crippen LogP contribution in [0.1, 0.15) is 38.2 Å². The lowest BCUT2D eigenvalue weighted by Gasteiger charge is -2.19. The molecule has 23 heavy (non-hydrogen) atoms. The number of urea groups is 1. The van der Waals surface area contributed by atoms with Gasteiger partial charge in [0.2, 0.25) is 0 Å². The molecule has 124 valence electrons. The summed E-state index contributed by atoms with van der Waals surface area (Å²) in [5.41, 5.74) is 2.07.